The van der Waals surface area contributed by atoms with Gasteiger partial charge in [0.05, 0.1) is 24.2 Å². The number of rotatable bonds is 2. The van der Waals surface area contributed by atoms with E-state index in [1.165, 1.54) is 54.9 Å². The van der Waals surface area contributed by atoms with E-state index in [1.54, 1.807) is 0 Å². The van der Waals surface area contributed by atoms with Crippen LogP contribution in [0.4, 0.5) is 11.4 Å². The first kappa shape index (κ1) is 23.5. The first-order chi connectivity index (χ1) is 21.2. The van der Waals surface area contributed by atoms with E-state index in [0.717, 1.165) is 27.5 Å². The first-order valence-corrected chi connectivity index (χ1v) is 14.2. The summed E-state index contributed by atoms with van der Waals surface area (Å²) in [6.07, 6.45) is 0. The lowest BCUT2D eigenvalue weighted by atomic mass is 9.77. The Bertz CT molecular complexity index is 2500. The molecule has 0 fully saturated rings. The second-order valence-electron chi connectivity index (χ2n) is 11.2. The zero-order chi connectivity index (χ0) is 28.7. The van der Waals surface area contributed by atoms with Crippen LogP contribution in [0.2, 0.25) is 0 Å². The van der Waals surface area contributed by atoms with Crippen molar-refractivity contribution in [3.8, 4) is 39.1 Å². The highest BCUT2D eigenvalue weighted by molar-refractivity contribution is 6.13. The summed E-state index contributed by atoms with van der Waals surface area (Å²) in [4.78, 5) is 7.31. The minimum absolute atomic E-state index is 0.597. The Morgan fingerprint density at radius 2 is 0.953 bits per heavy atom. The van der Waals surface area contributed by atoms with Crippen LogP contribution in [-0.4, -0.2) is 4.57 Å². The molecule has 1 aromatic heterocycles. The van der Waals surface area contributed by atoms with Gasteiger partial charge in [-0.3, -0.25) is 0 Å². The lowest BCUT2D eigenvalue weighted by molar-refractivity contribution is 1.19. The lowest BCUT2D eigenvalue weighted by Gasteiger charge is -2.26. The predicted octanol–water partition coefficient (Wildman–Crippen LogP) is 11.5. The van der Waals surface area contributed by atoms with E-state index < -0.39 is 0 Å². The van der Waals surface area contributed by atoms with E-state index in [2.05, 4.69) is 105 Å². The summed E-state index contributed by atoms with van der Waals surface area (Å²) >= 11 is 0. The molecule has 3 nitrogen and oxygen atoms in total. The molecule has 0 saturated heterocycles. The van der Waals surface area contributed by atoms with E-state index in [1.807, 2.05) is 36.4 Å². The fourth-order valence-corrected chi connectivity index (χ4v) is 6.78. The minimum Gasteiger partial charge on any atom is -0.309 e. The molecule has 9 rings (SSSR count). The van der Waals surface area contributed by atoms with Gasteiger partial charge in [-0.1, -0.05) is 60.7 Å². The number of hydrogen-bond donors (Lipinski definition) is 0. The molecule has 1 aliphatic rings. The molecule has 0 atom stereocenters. The second-order valence-corrected chi connectivity index (χ2v) is 11.2. The molecule has 43 heavy (non-hydrogen) atoms. The van der Waals surface area contributed by atoms with Gasteiger partial charge in [-0.15, -0.1) is 0 Å². The van der Waals surface area contributed by atoms with Crippen molar-refractivity contribution in [2.75, 3.05) is 0 Å². The second kappa shape index (κ2) is 8.67. The predicted molar refractivity (Wildman–Crippen MR) is 178 cm³/mol. The third kappa shape index (κ3) is 3.40. The van der Waals surface area contributed by atoms with Gasteiger partial charge in [0.25, 0.3) is 0 Å². The van der Waals surface area contributed by atoms with Crippen molar-refractivity contribution in [1.29, 1.82) is 0 Å². The summed E-state index contributed by atoms with van der Waals surface area (Å²) in [5, 5.41) is 6.88. The molecule has 1 heterocycles. The summed E-state index contributed by atoms with van der Waals surface area (Å²) in [5.74, 6) is 0. The maximum Gasteiger partial charge on any atom is 0.188 e. The monoisotopic (exact) mass is 543 g/mol. The molecule has 196 valence electrons. The van der Waals surface area contributed by atoms with E-state index in [9.17, 15) is 0 Å². The van der Waals surface area contributed by atoms with Crippen molar-refractivity contribution >= 4 is 54.7 Å². The Morgan fingerprint density at radius 1 is 0.419 bits per heavy atom. The molecule has 0 spiro atoms. The molecular formula is C40H21N3. The summed E-state index contributed by atoms with van der Waals surface area (Å²) in [7, 11) is 0. The van der Waals surface area contributed by atoms with Crippen LogP contribution in [0.3, 0.4) is 0 Å². The molecule has 0 N–H and O–H groups in total. The number of hydrogen-bond acceptors (Lipinski definition) is 0. The fourth-order valence-electron chi connectivity index (χ4n) is 6.78. The highest BCUT2D eigenvalue weighted by Gasteiger charge is 2.24. The molecule has 7 aromatic carbocycles. The van der Waals surface area contributed by atoms with E-state index >= 15 is 0 Å². The van der Waals surface area contributed by atoms with Gasteiger partial charge in [0.15, 0.2) is 11.4 Å². The van der Waals surface area contributed by atoms with Gasteiger partial charge < -0.3 is 4.57 Å². The molecule has 0 amide bonds. The first-order valence-electron chi connectivity index (χ1n) is 14.2. The Hall–Kier alpha value is -6.16. The van der Waals surface area contributed by atoms with Crippen LogP contribution in [0.25, 0.3) is 92.1 Å². The Morgan fingerprint density at radius 3 is 1.53 bits per heavy atom. The van der Waals surface area contributed by atoms with Crippen LogP contribution in [0, 0.1) is 13.1 Å². The number of fused-ring (bicyclic) bond motifs is 9. The van der Waals surface area contributed by atoms with Crippen LogP contribution in [-0.2, 0) is 0 Å². The van der Waals surface area contributed by atoms with Crippen LogP contribution in [0.5, 0.6) is 0 Å². The molecule has 3 heteroatoms. The molecule has 0 saturated carbocycles. The maximum atomic E-state index is 7.52. The Balaban J connectivity index is 1.19. The van der Waals surface area contributed by atoms with E-state index in [-0.39, 0.29) is 0 Å². The third-order valence-electron chi connectivity index (χ3n) is 8.87. The number of benzene rings is 7. The topological polar surface area (TPSA) is 13.7 Å². The van der Waals surface area contributed by atoms with Gasteiger partial charge in [-0.2, -0.15) is 0 Å². The van der Waals surface area contributed by atoms with Crippen molar-refractivity contribution in [3.05, 3.63) is 150 Å². The normalized spacial score (nSPS) is 11.7. The number of nitrogens with zero attached hydrogens (tertiary/aromatic N) is 3. The van der Waals surface area contributed by atoms with Gasteiger partial charge >= 0.3 is 0 Å². The van der Waals surface area contributed by atoms with Gasteiger partial charge in [-0.25, -0.2) is 9.69 Å². The van der Waals surface area contributed by atoms with Crippen LogP contribution in [0.1, 0.15) is 0 Å². The van der Waals surface area contributed by atoms with Gasteiger partial charge in [0.2, 0.25) is 0 Å². The molecule has 0 bridgehead atoms. The lowest BCUT2D eigenvalue weighted by Crippen LogP contribution is -2.00. The zero-order valence-electron chi connectivity index (χ0n) is 23.0. The van der Waals surface area contributed by atoms with Gasteiger partial charge in [0.1, 0.15) is 0 Å². The highest BCUT2D eigenvalue weighted by atomic mass is 15.0. The zero-order valence-corrected chi connectivity index (χ0v) is 23.0. The van der Waals surface area contributed by atoms with Crippen molar-refractivity contribution in [3.63, 3.8) is 0 Å². The molecule has 0 unspecified atom stereocenters. The van der Waals surface area contributed by atoms with Crippen molar-refractivity contribution in [2.45, 2.75) is 0 Å². The molecule has 0 radical (unpaired) electrons. The van der Waals surface area contributed by atoms with Crippen LogP contribution >= 0.6 is 0 Å². The quantitative estimate of drug-likeness (QED) is 0.193. The third-order valence-corrected chi connectivity index (χ3v) is 8.87. The molecular weight excluding hydrogens is 522 g/mol. The van der Waals surface area contributed by atoms with Crippen molar-refractivity contribution in [1.82, 2.24) is 4.57 Å². The van der Waals surface area contributed by atoms with Crippen molar-refractivity contribution in [2.24, 2.45) is 0 Å². The molecule has 0 aliphatic heterocycles. The smallest absolute Gasteiger partial charge is 0.188 e. The fraction of sp³-hybridized carbons (Fsp3) is 0. The summed E-state index contributed by atoms with van der Waals surface area (Å²) in [6, 6.07) is 44.9. The molecule has 1 aliphatic carbocycles. The largest absolute Gasteiger partial charge is 0.309 e. The summed E-state index contributed by atoms with van der Waals surface area (Å²) in [6.45, 7) is 15.0. The van der Waals surface area contributed by atoms with E-state index in [0.29, 0.717) is 11.4 Å². The highest BCUT2D eigenvalue weighted by Crippen LogP contribution is 2.50. The maximum absolute atomic E-state index is 7.52. The van der Waals surface area contributed by atoms with Crippen LogP contribution in [0.15, 0.2) is 127 Å². The summed E-state index contributed by atoms with van der Waals surface area (Å²) in [5.41, 5.74) is 12.0. The average molecular weight is 544 g/mol. The van der Waals surface area contributed by atoms with Crippen molar-refractivity contribution < 1.29 is 0 Å². The Kier molecular flexibility index (Phi) is 4.74. The standard InChI is InChI=1S/C40H21N3/c1-41-30-11-14-39-37(22-30)38-23-31(42-2)12-15-40(38)43(39)32-13-10-27-19-34-35-20-28-16-25(24-6-4-3-5-7-24)8-9-26(28)18-33(35)36(34)21-29(27)17-32/h3-23H. The van der Waals surface area contributed by atoms with Gasteiger partial charge in [-0.05, 0) is 132 Å². The van der Waals surface area contributed by atoms with Gasteiger partial charge in [0, 0.05) is 5.69 Å². The summed E-state index contributed by atoms with van der Waals surface area (Å²) < 4.78 is 2.25. The minimum atomic E-state index is 0.597. The van der Waals surface area contributed by atoms with Crippen LogP contribution < -0.4 is 0 Å². The average Bonchev–Trinajstić information content (AvgIpc) is 3.39. The molecule has 8 aromatic rings. The Labute approximate surface area is 248 Å². The SMILES string of the molecule is [C-]#[N+]c1ccc2c(c1)c1cc([N+]#[C-])ccc1n2-c1ccc2cc3c(cc2c1)-c1cc2ccc(-c4ccccc4)cc2cc1-3. The number of aromatic nitrogens is 1. The van der Waals surface area contributed by atoms with E-state index in [4.69, 9.17) is 13.1 Å².